The summed E-state index contributed by atoms with van der Waals surface area (Å²) in [4.78, 5) is 47.5. The van der Waals surface area contributed by atoms with E-state index in [9.17, 15) is 24.5 Å². The Kier molecular flexibility index (Phi) is 5.64. The van der Waals surface area contributed by atoms with Crippen molar-refractivity contribution in [3.05, 3.63) is 104 Å². The number of nitrogens with one attached hydrogen (secondary N) is 1. The quantitative estimate of drug-likeness (QED) is 0.394. The maximum atomic E-state index is 12.7. The zero-order chi connectivity index (χ0) is 21.0. The van der Waals surface area contributed by atoms with Crippen molar-refractivity contribution in [3.63, 3.8) is 0 Å². The lowest BCUT2D eigenvalue weighted by Gasteiger charge is -2.11. The lowest BCUT2D eigenvalue weighted by Crippen LogP contribution is -2.29. The summed E-state index contributed by atoms with van der Waals surface area (Å²) >= 11 is 0. The Morgan fingerprint density at radius 3 is 2.48 bits per heavy atom. The number of hydrogen-bond donors (Lipinski definition) is 1. The van der Waals surface area contributed by atoms with Crippen LogP contribution in [0.5, 0.6) is 0 Å². The zero-order valence-electron chi connectivity index (χ0n) is 15.5. The summed E-state index contributed by atoms with van der Waals surface area (Å²) in [7, 11) is 0. The van der Waals surface area contributed by atoms with Gasteiger partial charge in [-0.1, -0.05) is 24.3 Å². The summed E-state index contributed by atoms with van der Waals surface area (Å²) in [5, 5.41) is 13.5. The third-order valence-corrected chi connectivity index (χ3v) is 4.29. The van der Waals surface area contributed by atoms with Crippen molar-refractivity contribution in [2.75, 3.05) is 5.32 Å². The van der Waals surface area contributed by atoms with Gasteiger partial charge in [0, 0.05) is 23.9 Å². The molecule has 0 aliphatic carbocycles. The van der Waals surface area contributed by atoms with Crippen LogP contribution in [0.4, 0.5) is 11.4 Å². The van der Waals surface area contributed by atoms with Gasteiger partial charge in [0.05, 0.1) is 17.2 Å². The number of anilines is 1. The highest BCUT2D eigenvalue weighted by Gasteiger charge is 2.16. The van der Waals surface area contributed by atoms with Crippen LogP contribution in [0, 0.1) is 10.1 Å². The van der Waals surface area contributed by atoms with E-state index in [0.717, 1.165) is 0 Å². The highest BCUT2D eigenvalue weighted by Crippen LogP contribution is 2.17. The van der Waals surface area contributed by atoms with E-state index in [1.54, 1.807) is 36.4 Å². The maximum Gasteiger partial charge on any atom is 0.269 e. The second-order valence-corrected chi connectivity index (χ2v) is 6.34. The zero-order valence-corrected chi connectivity index (χ0v) is 15.5. The molecule has 0 aliphatic rings. The number of para-hydroxylation sites is 1. The number of carbonyl (C=O) groups excluding carboxylic acids is 2. The molecule has 29 heavy (non-hydrogen) atoms. The highest BCUT2D eigenvalue weighted by molar-refractivity contribution is 6.08. The van der Waals surface area contributed by atoms with Gasteiger partial charge in [0.2, 0.25) is 0 Å². The fraction of sp³-hybridized carbons (Fsp3) is 0.0952. The first-order valence-electron chi connectivity index (χ1n) is 8.71. The molecule has 1 heterocycles. The fourth-order valence-electron chi connectivity index (χ4n) is 2.89. The average molecular weight is 391 g/mol. The van der Waals surface area contributed by atoms with E-state index in [0.29, 0.717) is 16.8 Å². The Morgan fingerprint density at radius 1 is 1.03 bits per heavy atom. The summed E-state index contributed by atoms with van der Waals surface area (Å²) in [5.41, 5.74) is 0.492. The molecule has 0 saturated heterocycles. The molecule has 0 bridgehead atoms. The highest BCUT2D eigenvalue weighted by atomic mass is 16.6. The topological polar surface area (TPSA) is 111 Å². The molecule has 8 nitrogen and oxygen atoms in total. The Hall–Kier alpha value is -4.07. The van der Waals surface area contributed by atoms with Gasteiger partial charge in [0.25, 0.3) is 17.2 Å². The number of Topliss-reactive ketones (excluding diaryl/α,β-unsaturated/α-hetero) is 1. The third-order valence-electron chi connectivity index (χ3n) is 4.29. The van der Waals surface area contributed by atoms with Crippen LogP contribution in [0.25, 0.3) is 0 Å². The molecule has 0 radical (unpaired) electrons. The minimum Gasteiger partial charge on any atom is -0.321 e. The second-order valence-electron chi connectivity index (χ2n) is 6.34. The molecule has 0 aliphatic heterocycles. The molecule has 1 N–H and O–H groups in total. The Balaban J connectivity index is 1.88. The Labute approximate surface area is 165 Å². The number of nitrogens with zero attached hydrogens (tertiary/aromatic N) is 2. The van der Waals surface area contributed by atoms with E-state index >= 15 is 0 Å². The predicted molar refractivity (Wildman–Crippen MR) is 107 cm³/mol. The number of carbonyl (C=O) groups is 2. The van der Waals surface area contributed by atoms with E-state index in [-0.39, 0.29) is 23.6 Å². The molecule has 0 unspecified atom stereocenters. The number of aromatic nitrogens is 1. The maximum absolute atomic E-state index is 12.7. The van der Waals surface area contributed by atoms with Gasteiger partial charge >= 0.3 is 0 Å². The van der Waals surface area contributed by atoms with Crippen molar-refractivity contribution >= 4 is 23.1 Å². The number of amides is 1. The standard InChI is InChI=1S/C21H17N3O5/c1-14(25)17-8-2-3-10-19(17)22-20(26)18-9-5-11-23(21(18)27)13-15-6-4-7-16(12-15)24(28)29/h2-12H,13H2,1H3,(H,22,26). The molecule has 1 amide bonds. The van der Waals surface area contributed by atoms with Crippen LogP contribution in [0.15, 0.2) is 71.7 Å². The van der Waals surface area contributed by atoms with E-state index in [1.807, 2.05) is 0 Å². The van der Waals surface area contributed by atoms with E-state index in [2.05, 4.69) is 5.32 Å². The number of rotatable bonds is 6. The van der Waals surface area contributed by atoms with Crippen molar-refractivity contribution in [1.29, 1.82) is 0 Å². The number of pyridine rings is 1. The van der Waals surface area contributed by atoms with Gasteiger partial charge in [-0.15, -0.1) is 0 Å². The van der Waals surface area contributed by atoms with Gasteiger partial charge in [0.1, 0.15) is 5.56 Å². The van der Waals surface area contributed by atoms with Crippen molar-refractivity contribution in [3.8, 4) is 0 Å². The first-order valence-corrected chi connectivity index (χ1v) is 8.71. The van der Waals surface area contributed by atoms with Crippen molar-refractivity contribution < 1.29 is 14.5 Å². The molecule has 3 aromatic rings. The molecule has 0 atom stereocenters. The number of hydrogen-bond acceptors (Lipinski definition) is 5. The molecule has 2 aromatic carbocycles. The second kappa shape index (κ2) is 8.30. The van der Waals surface area contributed by atoms with Crippen molar-refractivity contribution in [1.82, 2.24) is 4.57 Å². The number of ketones is 1. The Bertz CT molecular complexity index is 1170. The molecule has 0 saturated carbocycles. The molecule has 0 spiro atoms. The summed E-state index contributed by atoms with van der Waals surface area (Å²) in [6, 6.07) is 15.4. The first-order chi connectivity index (χ1) is 13.9. The van der Waals surface area contributed by atoms with Crippen LogP contribution in [-0.4, -0.2) is 21.2 Å². The molecule has 3 rings (SSSR count). The SMILES string of the molecule is CC(=O)c1ccccc1NC(=O)c1cccn(Cc2cccc([N+](=O)[O-])c2)c1=O. The van der Waals surface area contributed by atoms with Crippen LogP contribution in [0.1, 0.15) is 33.2 Å². The third kappa shape index (κ3) is 4.44. The van der Waals surface area contributed by atoms with Crippen LogP contribution >= 0.6 is 0 Å². The molecule has 1 aromatic heterocycles. The van der Waals surface area contributed by atoms with Crippen LogP contribution in [-0.2, 0) is 6.54 Å². The number of nitro groups is 1. The van der Waals surface area contributed by atoms with Crippen LogP contribution < -0.4 is 10.9 Å². The minimum absolute atomic E-state index is 0.0751. The molecular weight excluding hydrogens is 374 g/mol. The Morgan fingerprint density at radius 2 is 1.76 bits per heavy atom. The average Bonchev–Trinajstić information content (AvgIpc) is 2.70. The van der Waals surface area contributed by atoms with Gasteiger partial charge in [-0.05, 0) is 36.8 Å². The summed E-state index contributed by atoms with van der Waals surface area (Å²) in [6.45, 7) is 1.46. The van der Waals surface area contributed by atoms with Gasteiger partial charge in [-0.25, -0.2) is 0 Å². The summed E-state index contributed by atoms with van der Waals surface area (Å²) < 4.78 is 1.30. The van der Waals surface area contributed by atoms with Crippen molar-refractivity contribution in [2.24, 2.45) is 0 Å². The van der Waals surface area contributed by atoms with Gasteiger partial charge in [-0.3, -0.25) is 24.5 Å². The van der Waals surface area contributed by atoms with E-state index in [1.165, 1.54) is 42.0 Å². The first kappa shape index (κ1) is 19.7. The lowest BCUT2D eigenvalue weighted by atomic mass is 10.1. The number of nitro benzene ring substituents is 1. The van der Waals surface area contributed by atoms with Gasteiger partial charge < -0.3 is 9.88 Å². The monoisotopic (exact) mass is 391 g/mol. The number of benzene rings is 2. The molecular formula is C21H17N3O5. The minimum atomic E-state index is -0.642. The summed E-state index contributed by atoms with van der Waals surface area (Å²) in [6.07, 6.45) is 1.50. The predicted octanol–water partition coefficient (Wildman–Crippen LogP) is 3.26. The van der Waals surface area contributed by atoms with E-state index in [4.69, 9.17) is 0 Å². The smallest absolute Gasteiger partial charge is 0.269 e. The van der Waals surface area contributed by atoms with Gasteiger partial charge in [0.15, 0.2) is 5.78 Å². The molecule has 0 fully saturated rings. The normalized spacial score (nSPS) is 10.4. The van der Waals surface area contributed by atoms with E-state index < -0.39 is 16.4 Å². The van der Waals surface area contributed by atoms with Crippen molar-refractivity contribution in [2.45, 2.75) is 13.5 Å². The molecule has 8 heteroatoms. The fourth-order valence-corrected chi connectivity index (χ4v) is 2.89. The summed E-state index contributed by atoms with van der Waals surface area (Å²) in [5.74, 6) is -0.853. The lowest BCUT2D eigenvalue weighted by molar-refractivity contribution is -0.384. The largest absolute Gasteiger partial charge is 0.321 e. The molecule has 146 valence electrons. The number of non-ortho nitro benzene ring substituents is 1. The van der Waals surface area contributed by atoms with Crippen LogP contribution in [0.3, 0.4) is 0 Å². The van der Waals surface area contributed by atoms with Crippen LogP contribution in [0.2, 0.25) is 0 Å². The van der Waals surface area contributed by atoms with Gasteiger partial charge in [-0.2, -0.15) is 0 Å².